The van der Waals surface area contributed by atoms with Gasteiger partial charge in [0, 0.05) is 37.5 Å². The minimum Gasteiger partial charge on any atom is -0.357 e. The molecular weight excluding hydrogens is 513 g/mol. The van der Waals surface area contributed by atoms with Crippen molar-refractivity contribution in [2.75, 3.05) is 26.2 Å². The van der Waals surface area contributed by atoms with Crippen molar-refractivity contribution in [1.29, 1.82) is 0 Å². The van der Waals surface area contributed by atoms with Crippen LogP contribution in [-0.2, 0) is 16.0 Å². The number of rotatable bonds is 7. The number of hydrogen-bond acceptors (Lipinski definition) is 5. The van der Waals surface area contributed by atoms with E-state index in [0.717, 1.165) is 30.1 Å². The van der Waals surface area contributed by atoms with E-state index in [2.05, 4.69) is 32.8 Å². The average molecular weight is 543 g/mol. The first-order valence-corrected chi connectivity index (χ1v) is 11.3. The number of carbonyl (C=O) groups excluding carboxylic acids is 2. The normalized spacial score (nSPS) is 26.9. The molecule has 9 heteroatoms. The van der Waals surface area contributed by atoms with Gasteiger partial charge >= 0.3 is 0 Å². The molecule has 2 amide bonds. The fourth-order valence-corrected chi connectivity index (χ4v) is 5.81. The van der Waals surface area contributed by atoms with Gasteiger partial charge in [0.1, 0.15) is 0 Å². The Morgan fingerprint density at radius 3 is 2.43 bits per heavy atom. The molecule has 2 heterocycles. The number of nitrogens with one attached hydrogen (secondary N) is 2. The van der Waals surface area contributed by atoms with Crippen LogP contribution in [0.25, 0.3) is 0 Å². The fraction of sp³-hybridized carbons (Fsp3) is 0.619. The highest BCUT2D eigenvalue weighted by Crippen LogP contribution is 2.52. The summed E-state index contributed by atoms with van der Waals surface area (Å²) in [5.74, 6) is 1.02. The van der Waals surface area contributed by atoms with Crippen molar-refractivity contribution in [2.45, 2.75) is 33.6 Å². The van der Waals surface area contributed by atoms with Gasteiger partial charge in [-0.05, 0) is 39.0 Å². The zero-order valence-corrected chi connectivity index (χ0v) is 20.8. The summed E-state index contributed by atoms with van der Waals surface area (Å²) in [5, 5.41) is 7.58. The lowest BCUT2D eigenvalue weighted by Crippen LogP contribution is -2.43. The zero-order chi connectivity index (χ0) is 20.5. The maximum absolute atomic E-state index is 12.7. The lowest BCUT2D eigenvalue weighted by atomic mass is 9.85. The summed E-state index contributed by atoms with van der Waals surface area (Å²) in [5.41, 5.74) is 1.08. The van der Waals surface area contributed by atoms with Gasteiger partial charge in [0.15, 0.2) is 5.96 Å². The number of hydrogen-bond donors (Lipinski definition) is 2. The van der Waals surface area contributed by atoms with Crippen LogP contribution in [0.15, 0.2) is 17.1 Å². The summed E-state index contributed by atoms with van der Waals surface area (Å²) >= 11 is 1.72. The first kappa shape index (κ1) is 23.2. The van der Waals surface area contributed by atoms with Crippen molar-refractivity contribution in [1.82, 2.24) is 20.5 Å². The smallest absolute Gasteiger partial charge is 0.233 e. The van der Waals surface area contributed by atoms with Gasteiger partial charge in [-0.2, -0.15) is 0 Å². The van der Waals surface area contributed by atoms with Gasteiger partial charge in [-0.15, -0.1) is 35.3 Å². The zero-order valence-electron chi connectivity index (χ0n) is 17.7. The van der Waals surface area contributed by atoms with E-state index < -0.39 is 0 Å². The minimum atomic E-state index is -0.120. The first-order valence-electron chi connectivity index (χ1n) is 10.5. The fourth-order valence-electron chi connectivity index (χ4n) is 4.89. The van der Waals surface area contributed by atoms with Gasteiger partial charge in [0.25, 0.3) is 0 Å². The Kier molecular flexibility index (Phi) is 7.54. The molecule has 164 valence electrons. The maximum atomic E-state index is 12.7. The molecular formula is C21H30IN5O2S. The molecule has 0 spiro atoms. The van der Waals surface area contributed by atoms with Crippen LogP contribution in [0, 0.1) is 37.5 Å². The quantitative estimate of drug-likeness (QED) is 0.181. The van der Waals surface area contributed by atoms with Gasteiger partial charge in [-0.3, -0.25) is 19.5 Å². The van der Waals surface area contributed by atoms with Crippen LogP contribution in [0.5, 0.6) is 0 Å². The van der Waals surface area contributed by atoms with Crippen LogP contribution in [0.1, 0.15) is 28.9 Å². The van der Waals surface area contributed by atoms with E-state index in [1.807, 2.05) is 20.8 Å². The minimum absolute atomic E-state index is 0. The predicted molar refractivity (Wildman–Crippen MR) is 129 cm³/mol. The molecule has 1 saturated carbocycles. The molecule has 0 aromatic carbocycles. The van der Waals surface area contributed by atoms with E-state index >= 15 is 0 Å². The predicted octanol–water partition coefficient (Wildman–Crippen LogP) is 2.28. The van der Waals surface area contributed by atoms with Crippen LogP contribution in [0.4, 0.5) is 0 Å². The third kappa shape index (κ3) is 4.42. The van der Waals surface area contributed by atoms with Crippen molar-refractivity contribution >= 4 is 53.1 Å². The lowest BCUT2D eigenvalue weighted by Gasteiger charge is -2.18. The molecule has 2 fully saturated rings. The number of thiazole rings is 1. The van der Waals surface area contributed by atoms with E-state index in [-0.39, 0.29) is 59.5 Å². The van der Waals surface area contributed by atoms with Crippen LogP contribution >= 0.6 is 35.3 Å². The molecule has 4 atom stereocenters. The van der Waals surface area contributed by atoms with E-state index in [0.29, 0.717) is 25.6 Å². The standard InChI is InChI=1S/C21H29N5O2S.HI/c1-4-22-21(23-8-7-16-12(2)25-13(3)29-16)24-9-10-26-19(27)17-14-5-6-15(11-14)18(17)20(26)28;/h5-6,14-15,17-18H,4,7-11H2,1-3H3,(H2,22,23,24);1H. The van der Waals surface area contributed by atoms with E-state index in [1.165, 1.54) is 9.78 Å². The van der Waals surface area contributed by atoms with Crippen LogP contribution in [0.3, 0.4) is 0 Å². The molecule has 4 rings (SSSR count). The monoisotopic (exact) mass is 543 g/mol. The molecule has 1 aliphatic heterocycles. The van der Waals surface area contributed by atoms with Gasteiger partial charge in [-0.25, -0.2) is 4.98 Å². The van der Waals surface area contributed by atoms with Crippen molar-refractivity contribution in [3.05, 3.63) is 27.7 Å². The van der Waals surface area contributed by atoms with Crippen molar-refractivity contribution < 1.29 is 9.59 Å². The average Bonchev–Trinajstić information content (AvgIpc) is 3.42. The highest BCUT2D eigenvalue weighted by Gasteiger charge is 2.58. The summed E-state index contributed by atoms with van der Waals surface area (Å²) in [6, 6.07) is 0. The number of aryl methyl sites for hydroxylation is 2. The second-order valence-electron chi connectivity index (χ2n) is 8.01. The van der Waals surface area contributed by atoms with Crippen LogP contribution < -0.4 is 10.6 Å². The number of likely N-dealkylation sites (tertiary alicyclic amines) is 1. The molecule has 2 bridgehead atoms. The largest absolute Gasteiger partial charge is 0.357 e. The maximum Gasteiger partial charge on any atom is 0.233 e. The third-order valence-corrected chi connectivity index (χ3v) is 7.27. The number of carbonyl (C=O) groups is 2. The molecule has 4 unspecified atom stereocenters. The SMILES string of the molecule is CCNC(=NCCc1sc(C)nc1C)NCCN1C(=O)C2C3C=CC(C3)C2C1=O.I. The Hall–Kier alpha value is -1.49. The number of allylic oxidation sites excluding steroid dienone is 2. The van der Waals surface area contributed by atoms with Crippen molar-refractivity contribution in [3.63, 3.8) is 0 Å². The van der Waals surface area contributed by atoms with Crippen LogP contribution in [-0.4, -0.2) is 53.8 Å². The second-order valence-corrected chi connectivity index (χ2v) is 9.29. The van der Waals surface area contributed by atoms with E-state index in [4.69, 9.17) is 0 Å². The molecule has 30 heavy (non-hydrogen) atoms. The number of fused-ring (bicyclic) bond motifs is 5. The molecule has 1 aromatic rings. The number of aromatic nitrogens is 1. The number of halogens is 1. The molecule has 7 nitrogen and oxygen atoms in total. The number of guanidine groups is 1. The lowest BCUT2D eigenvalue weighted by molar-refractivity contribution is -0.140. The number of amides is 2. The van der Waals surface area contributed by atoms with Crippen molar-refractivity contribution in [2.24, 2.45) is 28.7 Å². The molecule has 1 aromatic heterocycles. The highest BCUT2D eigenvalue weighted by atomic mass is 127. The van der Waals surface area contributed by atoms with Crippen molar-refractivity contribution in [3.8, 4) is 0 Å². The van der Waals surface area contributed by atoms with Crippen LogP contribution in [0.2, 0.25) is 0 Å². The first-order chi connectivity index (χ1) is 14.0. The molecule has 0 radical (unpaired) electrons. The molecule has 2 N–H and O–H groups in total. The Labute approximate surface area is 198 Å². The van der Waals surface area contributed by atoms with Gasteiger partial charge in [0.2, 0.25) is 11.8 Å². The number of aliphatic imine (C=N–C) groups is 1. The molecule has 3 aliphatic rings. The second kappa shape index (κ2) is 9.76. The van der Waals surface area contributed by atoms with Gasteiger partial charge in [0.05, 0.1) is 22.5 Å². The summed E-state index contributed by atoms with van der Waals surface area (Å²) in [7, 11) is 0. The molecule has 1 saturated heterocycles. The summed E-state index contributed by atoms with van der Waals surface area (Å²) in [4.78, 5) is 37.3. The summed E-state index contributed by atoms with van der Waals surface area (Å²) < 4.78 is 0. The Morgan fingerprint density at radius 1 is 1.20 bits per heavy atom. The Morgan fingerprint density at radius 2 is 1.87 bits per heavy atom. The summed E-state index contributed by atoms with van der Waals surface area (Å²) in [6.45, 7) is 8.39. The van der Waals surface area contributed by atoms with Gasteiger partial charge < -0.3 is 10.6 Å². The Balaban J connectivity index is 0.00000256. The third-order valence-electron chi connectivity index (χ3n) is 6.14. The summed E-state index contributed by atoms with van der Waals surface area (Å²) in [6.07, 6.45) is 6.08. The Bertz CT molecular complexity index is 838. The van der Waals surface area contributed by atoms with E-state index in [1.54, 1.807) is 11.3 Å². The topological polar surface area (TPSA) is 86.7 Å². The highest BCUT2D eigenvalue weighted by molar-refractivity contribution is 14.0. The molecule has 2 aliphatic carbocycles. The number of nitrogens with zero attached hydrogens (tertiary/aromatic N) is 3. The van der Waals surface area contributed by atoms with E-state index in [9.17, 15) is 9.59 Å². The van der Waals surface area contributed by atoms with Gasteiger partial charge in [-0.1, -0.05) is 12.2 Å². The number of imide groups is 1.